The predicted octanol–water partition coefficient (Wildman–Crippen LogP) is 5.21. The molecule has 5 nitrogen and oxygen atoms in total. The third-order valence-corrected chi connectivity index (χ3v) is 5.85. The van der Waals surface area contributed by atoms with Crippen LogP contribution in [0, 0.1) is 0 Å². The number of aromatic nitrogens is 1. The molecule has 3 heterocycles. The van der Waals surface area contributed by atoms with Crippen molar-refractivity contribution in [3.05, 3.63) is 66.1 Å². The van der Waals surface area contributed by atoms with Gasteiger partial charge in [-0.1, -0.05) is 18.2 Å². The van der Waals surface area contributed by atoms with Crippen LogP contribution in [0.1, 0.15) is 24.2 Å². The minimum absolute atomic E-state index is 0.721. The molecule has 5 rings (SSSR count). The lowest BCUT2D eigenvalue weighted by molar-refractivity contribution is 0.218. The summed E-state index contributed by atoms with van der Waals surface area (Å²) in [5.41, 5.74) is 3.19. The Kier molecular flexibility index (Phi) is 5.28. The van der Waals surface area contributed by atoms with E-state index in [1.807, 2.05) is 36.5 Å². The molecule has 5 heteroatoms. The van der Waals surface area contributed by atoms with Crippen molar-refractivity contribution in [2.75, 3.05) is 26.8 Å². The minimum Gasteiger partial charge on any atom is -0.494 e. The van der Waals surface area contributed by atoms with E-state index in [0.29, 0.717) is 0 Å². The summed E-state index contributed by atoms with van der Waals surface area (Å²) in [6.07, 6.45) is 4.96. The number of fused-ring (bicyclic) bond motifs is 4. The van der Waals surface area contributed by atoms with Crippen LogP contribution < -0.4 is 9.47 Å². The van der Waals surface area contributed by atoms with E-state index in [2.05, 4.69) is 28.1 Å². The van der Waals surface area contributed by atoms with Crippen LogP contribution in [0.25, 0.3) is 21.9 Å². The van der Waals surface area contributed by atoms with Crippen molar-refractivity contribution in [2.45, 2.75) is 25.8 Å². The van der Waals surface area contributed by atoms with Gasteiger partial charge in [-0.2, -0.15) is 0 Å². The molecule has 0 fully saturated rings. The Morgan fingerprint density at radius 2 is 2.07 bits per heavy atom. The molecule has 0 saturated heterocycles. The first-order valence-electron chi connectivity index (χ1n) is 10.6. The smallest absolute Gasteiger partial charge is 0.176 e. The maximum Gasteiger partial charge on any atom is 0.176 e. The number of pyridine rings is 1. The number of furan rings is 1. The average molecular weight is 402 g/mol. The van der Waals surface area contributed by atoms with Crippen molar-refractivity contribution in [3.63, 3.8) is 0 Å². The summed E-state index contributed by atoms with van der Waals surface area (Å²) in [5.74, 6) is 2.79. The van der Waals surface area contributed by atoms with Gasteiger partial charge in [0.1, 0.15) is 11.5 Å². The second-order valence-electron chi connectivity index (χ2n) is 7.78. The van der Waals surface area contributed by atoms with E-state index in [4.69, 9.17) is 13.9 Å². The molecule has 154 valence electrons. The predicted molar refractivity (Wildman–Crippen MR) is 118 cm³/mol. The first-order valence-corrected chi connectivity index (χ1v) is 10.6. The normalized spacial score (nSPS) is 14.2. The van der Waals surface area contributed by atoms with E-state index in [9.17, 15) is 0 Å². The second kappa shape index (κ2) is 8.36. The Morgan fingerprint density at radius 1 is 1.10 bits per heavy atom. The molecule has 1 aliphatic rings. The highest BCUT2D eigenvalue weighted by molar-refractivity contribution is 5.87. The molecule has 2 aromatic heterocycles. The number of rotatable bonds is 7. The van der Waals surface area contributed by atoms with Crippen molar-refractivity contribution in [2.24, 2.45) is 0 Å². The van der Waals surface area contributed by atoms with Gasteiger partial charge in [-0.15, -0.1) is 0 Å². The Hall–Kier alpha value is -3.05. The van der Waals surface area contributed by atoms with Crippen LogP contribution in [-0.4, -0.2) is 36.7 Å². The van der Waals surface area contributed by atoms with Crippen LogP contribution in [0.2, 0.25) is 0 Å². The summed E-state index contributed by atoms with van der Waals surface area (Å²) in [6.45, 7) is 3.70. The number of ether oxygens (including phenoxy) is 2. The van der Waals surface area contributed by atoms with Crippen molar-refractivity contribution in [1.82, 2.24) is 9.88 Å². The van der Waals surface area contributed by atoms with Crippen LogP contribution in [0.15, 0.2) is 59.1 Å². The van der Waals surface area contributed by atoms with E-state index in [1.165, 1.54) is 10.9 Å². The number of hydrogen-bond donors (Lipinski definition) is 0. The molecule has 0 radical (unpaired) electrons. The van der Waals surface area contributed by atoms with Crippen LogP contribution in [0.3, 0.4) is 0 Å². The highest BCUT2D eigenvalue weighted by Crippen LogP contribution is 2.35. The summed E-state index contributed by atoms with van der Waals surface area (Å²) < 4.78 is 17.6. The molecule has 0 unspecified atom stereocenters. The topological polar surface area (TPSA) is 47.7 Å². The number of methoxy groups -OCH3 is 1. The fraction of sp³-hybridized carbons (Fsp3) is 0.320. The van der Waals surface area contributed by atoms with E-state index in [1.54, 1.807) is 7.11 Å². The summed E-state index contributed by atoms with van der Waals surface area (Å²) in [6, 6.07) is 16.2. The fourth-order valence-electron chi connectivity index (χ4n) is 4.26. The number of nitrogens with zero attached hydrogens (tertiary/aromatic N) is 2. The Bertz CT molecular complexity index is 1170. The lowest BCUT2D eigenvalue weighted by atomic mass is 10.0. The standard InChI is InChI=1S/C25H26N2O3/c1-28-23-8-4-7-21-20-11-14-27(17-24(20)30-25(21)23)13-2-3-15-29-19-10-9-18-6-5-12-26-22(18)16-19/h4-10,12,16H,2-3,11,13-15,17H2,1H3. The SMILES string of the molecule is COc1cccc2c3c(oc12)CN(CCCCOc1ccc2cccnc2c1)CC3. The van der Waals surface area contributed by atoms with Gasteiger partial charge in [0.05, 0.1) is 25.8 Å². The molecule has 0 bridgehead atoms. The zero-order chi connectivity index (χ0) is 20.3. The van der Waals surface area contributed by atoms with Gasteiger partial charge < -0.3 is 13.9 Å². The minimum atomic E-state index is 0.721. The van der Waals surface area contributed by atoms with Crippen molar-refractivity contribution in [3.8, 4) is 11.5 Å². The van der Waals surface area contributed by atoms with Gasteiger partial charge in [-0.05, 0) is 50.1 Å². The van der Waals surface area contributed by atoms with Gasteiger partial charge in [0, 0.05) is 35.1 Å². The number of unbranched alkanes of at least 4 members (excludes halogenated alkanes) is 1. The van der Waals surface area contributed by atoms with E-state index in [0.717, 1.165) is 79.2 Å². The molecule has 2 aromatic carbocycles. The molecule has 4 aromatic rings. The third kappa shape index (κ3) is 3.73. The molecular formula is C25H26N2O3. The molecule has 30 heavy (non-hydrogen) atoms. The Balaban J connectivity index is 1.13. The first-order chi connectivity index (χ1) is 14.8. The van der Waals surface area contributed by atoms with E-state index < -0.39 is 0 Å². The maximum absolute atomic E-state index is 6.17. The first kappa shape index (κ1) is 18.9. The van der Waals surface area contributed by atoms with E-state index in [-0.39, 0.29) is 0 Å². The third-order valence-electron chi connectivity index (χ3n) is 5.85. The molecule has 0 N–H and O–H groups in total. The highest BCUT2D eigenvalue weighted by Gasteiger charge is 2.23. The lowest BCUT2D eigenvalue weighted by Crippen LogP contribution is -2.30. The molecule has 0 saturated carbocycles. The lowest BCUT2D eigenvalue weighted by Gasteiger charge is -2.25. The van der Waals surface area contributed by atoms with Crippen molar-refractivity contribution >= 4 is 21.9 Å². The summed E-state index contributed by atoms with van der Waals surface area (Å²) in [5, 5.41) is 2.33. The Labute approximate surface area is 176 Å². The van der Waals surface area contributed by atoms with Crippen LogP contribution >= 0.6 is 0 Å². The van der Waals surface area contributed by atoms with Gasteiger partial charge in [-0.3, -0.25) is 9.88 Å². The second-order valence-corrected chi connectivity index (χ2v) is 7.78. The van der Waals surface area contributed by atoms with Crippen LogP contribution in [0.4, 0.5) is 0 Å². The number of para-hydroxylation sites is 1. The molecule has 0 spiro atoms. The van der Waals surface area contributed by atoms with Gasteiger partial charge in [-0.25, -0.2) is 0 Å². The zero-order valence-electron chi connectivity index (χ0n) is 17.3. The molecular weight excluding hydrogens is 376 g/mol. The van der Waals surface area contributed by atoms with Crippen LogP contribution in [-0.2, 0) is 13.0 Å². The number of hydrogen-bond acceptors (Lipinski definition) is 5. The van der Waals surface area contributed by atoms with Crippen molar-refractivity contribution < 1.29 is 13.9 Å². The molecule has 0 aliphatic carbocycles. The quantitative estimate of drug-likeness (QED) is 0.397. The summed E-state index contributed by atoms with van der Waals surface area (Å²) in [4.78, 5) is 6.86. The average Bonchev–Trinajstić information content (AvgIpc) is 3.16. The molecule has 0 atom stereocenters. The largest absolute Gasteiger partial charge is 0.494 e. The summed E-state index contributed by atoms with van der Waals surface area (Å²) >= 11 is 0. The Morgan fingerprint density at radius 3 is 3.00 bits per heavy atom. The number of benzene rings is 2. The monoisotopic (exact) mass is 402 g/mol. The molecule has 1 aliphatic heterocycles. The van der Waals surface area contributed by atoms with Gasteiger partial charge >= 0.3 is 0 Å². The zero-order valence-corrected chi connectivity index (χ0v) is 17.3. The van der Waals surface area contributed by atoms with E-state index >= 15 is 0 Å². The van der Waals surface area contributed by atoms with Gasteiger partial charge in [0.25, 0.3) is 0 Å². The van der Waals surface area contributed by atoms with Crippen LogP contribution in [0.5, 0.6) is 11.5 Å². The summed E-state index contributed by atoms with van der Waals surface area (Å²) in [7, 11) is 1.69. The highest BCUT2D eigenvalue weighted by atomic mass is 16.5. The fourth-order valence-corrected chi connectivity index (χ4v) is 4.26. The van der Waals surface area contributed by atoms with Crippen molar-refractivity contribution in [1.29, 1.82) is 0 Å². The van der Waals surface area contributed by atoms with Gasteiger partial charge in [0.15, 0.2) is 11.3 Å². The maximum atomic E-state index is 6.17. The molecule has 0 amide bonds. The van der Waals surface area contributed by atoms with Gasteiger partial charge in [0.2, 0.25) is 0 Å².